The Morgan fingerprint density at radius 3 is 2.50 bits per heavy atom. The summed E-state index contributed by atoms with van der Waals surface area (Å²) in [5, 5.41) is 5.38. The predicted molar refractivity (Wildman–Crippen MR) is 119 cm³/mol. The lowest BCUT2D eigenvalue weighted by molar-refractivity contribution is -0.137. The van der Waals surface area contributed by atoms with E-state index in [1.54, 1.807) is 0 Å². The van der Waals surface area contributed by atoms with Crippen LogP contribution >= 0.6 is 0 Å². The summed E-state index contributed by atoms with van der Waals surface area (Å²) >= 11 is 0. The van der Waals surface area contributed by atoms with E-state index in [-0.39, 0.29) is 17.8 Å². The fourth-order valence-electron chi connectivity index (χ4n) is 4.11. The molecule has 0 radical (unpaired) electrons. The van der Waals surface area contributed by atoms with Crippen molar-refractivity contribution in [2.24, 2.45) is 0 Å². The van der Waals surface area contributed by atoms with Gasteiger partial charge in [-0.25, -0.2) is 9.78 Å². The number of amides is 2. The van der Waals surface area contributed by atoms with E-state index in [0.29, 0.717) is 0 Å². The first-order chi connectivity index (χ1) is 15.2. The summed E-state index contributed by atoms with van der Waals surface area (Å²) in [6, 6.07) is 12.4. The minimum absolute atomic E-state index is 0.0612. The average Bonchev–Trinajstić information content (AvgIpc) is 3.13. The fourth-order valence-corrected chi connectivity index (χ4v) is 4.11. The van der Waals surface area contributed by atoms with E-state index in [1.807, 2.05) is 18.2 Å². The van der Waals surface area contributed by atoms with E-state index in [1.165, 1.54) is 12.1 Å². The van der Waals surface area contributed by atoms with Crippen LogP contribution in [0.2, 0.25) is 0 Å². The minimum Gasteiger partial charge on any atom is -0.342 e. The molecule has 170 valence electrons. The molecular weight excluding hydrogens is 419 g/mol. The van der Waals surface area contributed by atoms with Gasteiger partial charge in [0.1, 0.15) is 0 Å². The first kappa shape index (κ1) is 22.0. The molecule has 4 rings (SSSR count). The molecule has 1 aliphatic heterocycles. The molecule has 0 spiro atoms. The lowest BCUT2D eigenvalue weighted by Gasteiger charge is -2.34. The second kappa shape index (κ2) is 8.72. The molecule has 1 aliphatic rings. The third-order valence-corrected chi connectivity index (χ3v) is 5.65. The number of hydrogen-bond donors (Lipinski definition) is 2. The highest BCUT2D eigenvalue weighted by molar-refractivity contribution is 5.89. The van der Waals surface area contributed by atoms with Gasteiger partial charge in [-0.3, -0.25) is 0 Å². The Morgan fingerprint density at radius 1 is 1.09 bits per heavy atom. The van der Waals surface area contributed by atoms with Crippen molar-refractivity contribution in [3.8, 4) is 0 Å². The Labute approximate surface area is 184 Å². The van der Waals surface area contributed by atoms with Crippen molar-refractivity contribution in [2.45, 2.75) is 44.9 Å². The number of aromatic nitrogens is 2. The molecule has 1 saturated heterocycles. The molecule has 32 heavy (non-hydrogen) atoms. The van der Waals surface area contributed by atoms with Crippen LogP contribution in [-0.4, -0.2) is 34.7 Å². The lowest BCUT2D eigenvalue weighted by atomic mass is 10.1. The topological polar surface area (TPSA) is 62.2 Å². The summed E-state index contributed by atoms with van der Waals surface area (Å²) < 4.78 is 40.8. The largest absolute Gasteiger partial charge is 0.416 e. The van der Waals surface area contributed by atoms with Crippen LogP contribution in [0.3, 0.4) is 0 Å². The molecule has 2 heterocycles. The summed E-state index contributed by atoms with van der Waals surface area (Å²) in [5.74, 6) is 0.924. The lowest BCUT2D eigenvalue weighted by Crippen LogP contribution is -2.46. The molecule has 1 fully saturated rings. The maximum absolute atomic E-state index is 12.9. The number of rotatable bonds is 4. The maximum Gasteiger partial charge on any atom is 0.416 e. The number of imidazole rings is 1. The molecule has 2 aromatic carbocycles. The van der Waals surface area contributed by atoms with Crippen molar-refractivity contribution in [3.63, 3.8) is 0 Å². The zero-order valence-electron chi connectivity index (χ0n) is 18.0. The number of nitrogens with one attached hydrogen (secondary N) is 2. The van der Waals surface area contributed by atoms with Crippen LogP contribution in [0.15, 0.2) is 48.5 Å². The van der Waals surface area contributed by atoms with Gasteiger partial charge in [0.05, 0.1) is 16.6 Å². The number of para-hydroxylation sites is 2. The zero-order valence-corrected chi connectivity index (χ0v) is 18.0. The average molecular weight is 445 g/mol. The maximum atomic E-state index is 12.9. The number of carbonyl (C=O) groups excluding carboxylic acids is 1. The fraction of sp³-hybridized carbons (Fsp3) is 0.391. The summed E-state index contributed by atoms with van der Waals surface area (Å²) in [5.41, 5.74) is 1.37. The van der Waals surface area contributed by atoms with Crippen LogP contribution in [0.4, 0.5) is 29.6 Å². The van der Waals surface area contributed by atoms with Crippen LogP contribution in [0.25, 0.3) is 11.0 Å². The SMILES string of the molecule is CC(C)n1c(N2CCC(NC(=O)Nc3cccc(C(F)(F)F)c3)CC2)nc2ccccc21. The van der Waals surface area contributed by atoms with Crippen LogP contribution in [0.5, 0.6) is 0 Å². The molecule has 2 amide bonds. The Morgan fingerprint density at radius 2 is 1.81 bits per heavy atom. The number of anilines is 2. The number of hydrogen-bond acceptors (Lipinski definition) is 3. The number of fused-ring (bicyclic) bond motifs is 1. The quantitative estimate of drug-likeness (QED) is 0.563. The third-order valence-electron chi connectivity index (χ3n) is 5.65. The molecule has 0 unspecified atom stereocenters. The van der Waals surface area contributed by atoms with Gasteiger partial charge in [0, 0.05) is 30.9 Å². The second-order valence-corrected chi connectivity index (χ2v) is 8.30. The molecule has 9 heteroatoms. The van der Waals surface area contributed by atoms with Crippen LogP contribution in [0.1, 0.15) is 38.3 Å². The van der Waals surface area contributed by atoms with Gasteiger partial charge in [0.15, 0.2) is 0 Å². The predicted octanol–water partition coefficient (Wildman–Crippen LogP) is 5.43. The number of alkyl halides is 3. The van der Waals surface area contributed by atoms with Crippen molar-refractivity contribution in [2.75, 3.05) is 23.3 Å². The molecule has 0 bridgehead atoms. The Kier molecular flexibility index (Phi) is 5.99. The number of piperidine rings is 1. The van der Waals surface area contributed by atoms with Gasteiger partial charge >= 0.3 is 12.2 Å². The number of benzene rings is 2. The van der Waals surface area contributed by atoms with Gasteiger partial charge < -0.3 is 20.1 Å². The van der Waals surface area contributed by atoms with Crippen LogP contribution in [-0.2, 0) is 6.18 Å². The van der Waals surface area contributed by atoms with Gasteiger partial charge in [-0.2, -0.15) is 13.2 Å². The smallest absolute Gasteiger partial charge is 0.342 e. The molecule has 1 aromatic heterocycles. The summed E-state index contributed by atoms with van der Waals surface area (Å²) in [6.07, 6.45) is -3.01. The van der Waals surface area contributed by atoms with Gasteiger partial charge in [0.2, 0.25) is 5.95 Å². The first-order valence-corrected chi connectivity index (χ1v) is 10.7. The molecular formula is C23H26F3N5O. The van der Waals surface area contributed by atoms with E-state index in [0.717, 1.165) is 55.0 Å². The first-order valence-electron chi connectivity index (χ1n) is 10.7. The highest BCUT2D eigenvalue weighted by Crippen LogP contribution is 2.31. The van der Waals surface area contributed by atoms with E-state index in [9.17, 15) is 18.0 Å². The Bertz CT molecular complexity index is 1100. The van der Waals surface area contributed by atoms with Crippen LogP contribution < -0.4 is 15.5 Å². The normalized spacial score (nSPS) is 15.4. The van der Waals surface area contributed by atoms with Crippen molar-refractivity contribution in [3.05, 3.63) is 54.1 Å². The summed E-state index contributed by atoms with van der Waals surface area (Å²) in [7, 11) is 0. The van der Waals surface area contributed by atoms with E-state index < -0.39 is 17.8 Å². The van der Waals surface area contributed by atoms with Gasteiger partial charge in [-0.15, -0.1) is 0 Å². The Hall–Kier alpha value is -3.23. The molecule has 6 nitrogen and oxygen atoms in total. The van der Waals surface area contributed by atoms with Gasteiger partial charge in [-0.1, -0.05) is 18.2 Å². The third kappa shape index (κ3) is 4.66. The summed E-state index contributed by atoms with van der Waals surface area (Å²) in [6.45, 7) is 5.71. The molecule has 0 aliphatic carbocycles. The van der Waals surface area contributed by atoms with Crippen molar-refractivity contribution in [1.29, 1.82) is 0 Å². The minimum atomic E-state index is -4.45. The molecule has 0 saturated carbocycles. The van der Waals surface area contributed by atoms with E-state index >= 15 is 0 Å². The highest BCUT2D eigenvalue weighted by atomic mass is 19.4. The van der Waals surface area contributed by atoms with Crippen LogP contribution in [0, 0.1) is 0 Å². The Balaban J connectivity index is 1.37. The highest BCUT2D eigenvalue weighted by Gasteiger charge is 2.30. The summed E-state index contributed by atoms with van der Waals surface area (Å²) in [4.78, 5) is 19.4. The second-order valence-electron chi connectivity index (χ2n) is 8.30. The standard InChI is InChI=1S/C23H26F3N5O/c1-15(2)31-20-9-4-3-8-19(20)29-22(31)30-12-10-17(11-13-30)27-21(32)28-18-7-5-6-16(14-18)23(24,25)26/h3-9,14-15,17H,10-13H2,1-2H3,(H2,27,28,32). The van der Waals surface area contributed by atoms with Crippen molar-refractivity contribution in [1.82, 2.24) is 14.9 Å². The van der Waals surface area contributed by atoms with E-state index in [2.05, 4.69) is 40.0 Å². The van der Waals surface area contributed by atoms with E-state index in [4.69, 9.17) is 4.98 Å². The number of halogens is 3. The van der Waals surface area contributed by atoms with Gasteiger partial charge in [-0.05, 0) is 57.0 Å². The monoisotopic (exact) mass is 445 g/mol. The van der Waals surface area contributed by atoms with Gasteiger partial charge in [0.25, 0.3) is 0 Å². The number of carbonyl (C=O) groups is 1. The van der Waals surface area contributed by atoms with Crippen molar-refractivity contribution < 1.29 is 18.0 Å². The number of urea groups is 1. The molecule has 0 atom stereocenters. The van der Waals surface area contributed by atoms with Crippen molar-refractivity contribution >= 4 is 28.7 Å². The molecule has 3 aromatic rings. The number of nitrogens with zero attached hydrogens (tertiary/aromatic N) is 3. The zero-order chi connectivity index (χ0) is 22.9. The molecule has 2 N–H and O–H groups in total.